The van der Waals surface area contributed by atoms with Gasteiger partial charge in [0.05, 0.1) is 0 Å². The molecule has 0 aromatic heterocycles. The highest BCUT2D eigenvalue weighted by atomic mass is 16.4. The summed E-state index contributed by atoms with van der Waals surface area (Å²) in [5, 5.41) is 8.64. The van der Waals surface area contributed by atoms with Crippen molar-refractivity contribution in [2.45, 2.75) is 103 Å². The fraction of sp³-hybridized carbons (Fsp3) is 0.783. The Morgan fingerprint density at radius 1 is 0.769 bits per heavy atom. The minimum atomic E-state index is -0.802. The molecule has 0 atom stereocenters. The molecule has 0 aliphatic rings. The summed E-state index contributed by atoms with van der Waals surface area (Å²) in [7, 11) is 1.77. The highest BCUT2D eigenvalue weighted by Gasteiger charge is 1.97. The number of nitrogens with zero attached hydrogens (tertiary/aromatic N) is 1. The van der Waals surface area contributed by atoms with Gasteiger partial charge in [-0.25, -0.2) is 0 Å². The Hall–Kier alpha value is -1.25. The molecule has 0 aliphatic heterocycles. The van der Waals surface area contributed by atoms with E-state index >= 15 is 0 Å². The van der Waals surface area contributed by atoms with Gasteiger partial charge in [-0.2, -0.15) is 0 Å². The molecular formula is C23H43NO2. The lowest BCUT2D eigenvalue weighted by atomic mass is 10.0. The molecule has 26 heavy (non-hydrogen) atoms. The molecule has 0 rings (SSSR count). The summed E-state index contributed by atoms with van der Waals surface area (Å²) in [6, 6.07) is 0. The molecule has 0 saturated heterocycles. The molecule has 152 valence electrons. The van der Waals surface area contributed by atoms with Gasteiger partial charge in [0, 0.05) is 7.05 Å². The van der Waals surface area contributed by atoms with Gasteiger partial charge in [-0.3, -0.25) is 4.79 Å². The molecule has 1 N–H and O–H groups in total. The van der Waals surface area contributed by atoms with Crippen LogP contribution >= 0.6 is 0 Å². The van der Waals surface area contributed by atoms with E-state index in [0.717, 1.165) is 6.42 Å². The normalized spacial score (nSPS) is 11.6. The fourth-order valence-corrected chi connectivity index (χ4v) is 3.09. The largest absolute Gasteiger partial charge is 0.480 e. The number of hydrogen-bond donors (Lipinski definition) is 1. The van der Waals surface area contributed by atoms with E-state index in [4.69, 9.17) is 5.11 Å². The average Bonchev–Trinajstić information content (AvgIpc) is 2.60. The van der Waals surface area contributed by atoms with E-state index in [1.165, 1.54) is 89.9 Å². The number of carboxylic acids is 1. The zero-order valence-electron chi connectivity index (χ0n) is 17.4. The maximum atomic E-state index is 10.5. The molecule has 3 heteroatoms. The Bertz CT molecular complexity index is 363. The Morgan fingerprint density at radius 2 is 1.23 bits per heavy atom. The molecule has 0 aromatic rings. The van der Waals surface area contributed by atoms with Crippen molar-refractivity contribution in [2.75, 3.05) is 13.6 Å². The molecule has 0 heterocycles. The molecule has 0 amide bonds. The second-order valence-electron chi connectivity index (χ2n) is 7.46. The molecule has 0 saturated carbocycles. The van der Waals surface area contributed by atoms with Crippen molar-refractivity contribution in [1.29, 1.82) is 0 Å². The van der Waals surface area contributed by atoms with Crippen molar-refractivity contribution in [2.24, 2.45) is 0 Å². The first kappa shape index (κ1) is 24.8. The van der Waals surface area contributed by atoms with Crippen LogP contribution in [0.2, 0.25) is 0 Å². The molecule has 0 bridgehead atoms. The number of unbranched alkanes of at least 4 members (excludes halogenated alkanes) is 14. The topological polar surface area (TPSA) is 40.5 Å². The van der Waals surface area contributed by atoms with E-state index in [2.05, 4.69) is 13.0 Å². The summed E-state index contributed by atoms with van der Waals surface area (Å²) in [5.74, 6) is -0.802. The number of likely N-dealkylation sites (N-methyl/N-ethyl adjacent to an activating group) is 1. The molecule has 0 radical (unpaired) electrons. The number of carbonyl (C=O) groups is 1. The predicted molar refractivity (Wildman–Crippen MR) is 113 cm³/mol. The summed E-state index contributed by atoms with van der Waals surface area (Å²) < 4.78 is 0. The summed E-state index contributed by atoms with van der Waals surface area (Å²) in [4.78, 5) is 12.2. The van der Waals surface area contributed by atoms with Crippen molar-refractivity contribution in [3.63, 3.8) is 0 Å². The standard InChI is InChI=1S/C23H43NO2/c1-3-4-5-6-7-8-9-10-11-12-13-14-15-16-17-18-19-20-21-24(2)22-23(25)26/h18-21H,3-17,22H2,1-2H3,(H,25,26). The second-order valence-corrected chi connectivity index (χ2v) is 7.46. The number of aliphatic carboxylic acids is 1. The lowest BCUT2D eigenvalue weighted by Gasteiger charge is -2.08. The van der Waals surface area contributed by atoms with Gasteiger partial charge in [-0.15, -0.1) is 0 Å². The van der Waals surface area contributed by atoms with Gasteiger partial charge < -0.3 is 10.0 Å². The Balaban J connectivity index is 3.23. The lowest BCUT2D eigenvalue weighted by Crippen LogP contribution is -2.19. The monoisotopic (exact) mass is 365 g/mol. The lowest BCUT2D eigenvalue weighted by molar-refractivity contribution is -0.137. The van der Waals surface area contributed by atoms with Gasteiger partial charge in [0.15, 0.2) is 0 Å². The third-order valence-corrected chi connectivity index (χ3v) is 4.70. The van der Waals surface area contributed by atoms with Gasteiger partial charge in [0.2, 0.25) is 0 Å². The van der Waals surface area contributed by atoms with Crippen molar-refractivity contribution < 1.29 is 9.90 Å². The molecule has 0 aliphatic carbocycles. The van der Waals surface area contributed by atoms with Crippen molar-refractivity contribution in [1.82, 2.24) is 4.90 Å². The predicted octanol–water partition coefficient (Wildman–Crippen LogP) is 6.94. The minimum absolute atomic E-state index is 0.0449. The van der Waals surface area contributed by atoms with Gasteiger partial charge in [0.1, 0.15) is 6.54 Å². The Kier molecular flexibility index (Phi) is 19.1. The maximum Gasteiger partial charge on any atom is 0.323 e. The van der Waals surface area contributed by atoms with Crippen LogP contribution in [0.1, 0.15) is 103 Å². The number of rotatable bonds is 19. The Labute approximate surface area is 162 Å². The number of carboxylic acid groups (broad SMARTS) is 1. The third kappa shape index (κ3) is 20.8. The van der Waals surface area contributed by atoms with E-state index in [9.17, 15) is 4.79 Å². The molecule has 3 nitrogen and oxygen atoms in total. The highest BCUT2D eigenvalue weighted by Crippen LogP contribution is 2.13. The zero-order valence-corrected chi connectivity index (χ0v) is 17.4. The number of allylic oxidation sites excluding steroid dienone is 3. The van der Waals surface area contributed by atoms with Gasteiger partial charge in [-0.1, -0.05) is 103 Å². The molecule has 0 fully saturated rings. The van der Waals surface area contributed by atoms with Gasteiger partial charge in [0.25, 0.3) is 0 Å². The fourth-order valence-electron chi connectivity index (χ4n) is 3.09. The van der Waals surface area contributed by atoms with Crippen molar-refractivity contribution in [3.8, 4) is 0 Å². The summed E-state index contributed by atoms with van der Waals surface area (Å²) in [6.07, 6.45) is 28.6. The second kappa shape index (κ2) is 20.1. The van der Waals surface area contributed by atoms with Gasteiger partial charge in [-0.05, 0) is 25.1 Å². The van der Waals surface area contributed by atoms with Crippen LogP contribution in [0.5, 0.6) is 0 Å². The zero-order chi connectivity index (χ0) is 19.3. The summed E-state index contributed by atoms with van der Waals surface area (Å²) in [5.41, 5.74) is 0. The first-order chi connectivity index (χ1) is 12.7. The average molecular weight is 366 g/mol. The van der Waals surface area contributed by atoms with E-state index in [-0.39, 0.29) is 6.54 Å². The van der Waals surface area contributed by atoms with E-state index in [0.29, 0.717) is 0 Å². The van der Waals surface area contributed by atoms with Crippen LogP contribution in [-0.2, 0) is 4.79 Å². The van der Waals surface area contributed by atoms with E-state index in [1.807, 2.05) is 12.2 Å². The van der Waals surface area contributed by atoms with Gasteiger partial charge >= 0.3 is 5.97 Å². The van der Waals surface area contributed by atoms with Crippen LogP contribution < -0.4 is 0 Å². The van der Waals surface area contributed by atoms with E-state index < -0.39 is 5.97 Å². The number of hydrogen-bond acceptors (Lipinski definition) is 2. The van der Waals surface area contributed by atoms with Crippen LogP contribution in [-0.4, -0.2) is 29.6 Å². The van der Waals surface area contributed by atoms with Crippen LogP contribution in [0, 0.1) is 0 Å². The third-order valence-electron chi connectivity index (χ3n) is 4.70. The van der Waals surface area contributed by atoms with Crippen molar-refractivity contribution in [3.05, 3.63) is 24.4 Å². The van der Waals surface area contributed by atoms with E-state index in [1.54, 1.807) is 18.1 Å². The van der Waals surface area contributed by atoms with Crippen LogP contribution in [0.25, 0.3) is 0 Å². The van der Waals surface area contributed by atoms with Crippen LogP contribution in [0.3, 0.4) is 0 Å². The smallest absolute Gasteiger partial charge is 0.323 e. The first-order valence-electron chi connectivity index (χ1n) is 10.9. The maximum absolute atomic E-state index is 10.5. The van der Waals surface area contributed by atoms with Crippen LogP contribution in [0.4, 0.5) is 0 Å². The van der Waals surface area contributed by atoms with Crippen LogP contribution in [0.15, 0.2) is 24.4 Å². The first-order valence-corrected chi connectivity index (χ1v) is 10.9. The quantitative estimate of drug-likeness (QED) is 0.199. The molecule has 0 spiro atoms. The minimum Gasteiger partial charge on any atom is -0.480 e. The van der Waals surface area contributed by atoms with Crippen molar-refractivity contribution >= 4 is 5.97 Å². The summed E-state index contributed by atoms with van der Waals surface area (Å²) in [6.45, 7) is 2.32. The summed E-state index contributed by atoms with van der Waals surface area (Å²) >= 11 is 0. The molecular weight excluding hydrogens is 322 g/mol. The SMILES string of the molecule is CCCCCCCCCCCCCCCCC=CC=CN(C)CC(=O)O. The molecule has 0 aromatic carbocycles. The Morgan fingerprint density at radius 3 is 1.69 bits per heavy atom. The molecule has 0 unspecified atom stereocenters. The highest BCUT2D eigenvalue weighted by molar-refractivity contribution is 5.69.